The molecule has 0 radical (unpaired) electrons. The molecule has 1 amide bonds. The van der Waals surface area contributed by atoms with E-state index in [4.69, 9.17) is 4.74 Å². The first-order chi connectivity index (χ1) is 12.5. The molecule has 2 aromatic carbocycles. The molecule has 0 saturated heterocycles. The highest BCUT2D eigenvalue weighted by molar-refractivity contribution is 5.94. The van der Waals surface area contributed by atoms with Crippen molar-refractivity contribution < 1.29 is 9.53 Å². The Morgan fingerprint density at radius 2 is 1.85 bits per heavy atom. The Hall–Kier alpha value is -3.08. The predicted octanol–water partition coefficient (Wildman–Crippen LogP) is 3.99. The van der Waals surface area contributed by atoms with Gasteiger partial charge < -0.3 is 10.1 Å². The van der Waals surface area contributed by atoms with Crippen LogP contribution >= 0.6 is 0 Å². The summed E-state index contributed by atoms with van der Waals surface area (Å²) in [6.07, 6.45) is 0.265. The van der Waals surface area contributed by atoms with Crippen LogP contribution in [0.1, 0.15) is 22.5 Å². The van der Waals surface area contributed by atoms with E-state index >= 15 is 0 Å². The van der Waals surface area contributed by atoms with Crippen LogP contribution in [0.3, 0.4) is 0 Å². The van der Waals surface area contributed by atoms with Gasteiger partial charge in [-0.3, -0.25) is 4.79 Å². The molecule has 0 unspecified atom stereocenters. The van der Waals surface area contributed by atoms with Gasteiger partial charge >= 0.3 is 0 Å². The Morgan fingerprint density at radius 1 is 1.12 bits per heavy atom. The number of amides is 1. The summed E-state index contributed by atoms with van der Waals surface area (Å²) in [6.45, 7) is 5.90. The van der Waals surface area contributed by atoms with Gasteiger partial charge in [0.25, 0.3) is 0 Å². The van der Waals surface area contributed by atoms with E-state index in [0.717, 1.165) is 28.2 Å². The van der Waals surface area contributed by atoms with Crippen molar-refractivity contribution in [3.05, 3.63) is 71.0 Å². The van der Waals surface area contributed by atoms with E-state index in [-0.39, 0.29) is 12.3 Å². The SMILES string of the molecule is COc1ccc(C)cc1NC(=O)Cc1c(C)nn(-c2ccccc2)c1C. The zero-order valence-electron chi connectivity index (χ0n) is 15.5. The Labute approximate surface area is 153 Å². The molecule has 0 aliphatic carbocycles. The Bertz CT molecular complexity index is 930. The molecule has 5 heteroatoms. The summed E-state index contributed by atoms with van der Waals surface area (Å²) in [5.41, 5.74) is 5.50. The van der Waals surface area contributed by atoms with Gasteiger partial charge in [0.15, 0.2) is 0 Å². The van der Waals surface area contributed by atoms with Gasteiger partial charge in [0.2, 0.25) is 5.91 Å². The summed E-state index contributed by atoms with van der Waals surface area (Å²) in [6, 6.07) is 15.6. The van der Waals surface area contributed by atoms with E-state index < -0.39 is 0 Å². The lowest BCUT2D eigenvalue weighted by molar-refractivity contribution is -0.115. The molecule has 0 saturated carbocycles. The van der Waals surface area contributed by atoms with E-state index in [2.05, 4.69) is 10.4 Å². The van der Waals surface area contributed by atoms with Crippen LogP contribution in [0.4, 0.5) is 5.69 Å². The lowest BCUT2D eigenvalue weighted by atomic mass is 10.1. The van der Waals surface area contributed by atoms with Gasteiger partial charge in [0, 0.05) is 11.3 Å². The predicted molar refractivity (Wildman–Crippen MR) is 103 cm³/mol. The van der Waals surface area contributed by atoms with Gasteiger partial charge in [-0.2, -0.15) is 5.10 Å². The standard InChI is InChI=1S/C21H23N3O2/c1-14-10-11-20(26-4)19(12-14)22-21(25)13-18-15(2)23-24(16(18)3)17-8-6-5-7-9-17/h5-12H,13H2,1-4H3,(H,22,25). The van der Waals surface area contributed by atoms with Gasteiger partial charge in [-0.25, -0.2) is 4.68 Å². The fourth-order valence-electron chi connectivity index (χ4n) is 3.03. The summed E-state index contributed by atoms with van der Waals surface area (Å²) in [5.74, 6) is 0.560. The zero-order chi connectivity index (χ0) is 18.7. The third-order valence-corrected chi connectivity index (χ3v) is 4.41. The van der Waals surface area contributed by atoms with Crippen molar-refractivity contribution in [3.63, 3.8) is 0 Å². The largest absolute Gasteiger partial charge is 0.495 e. The number of aryl methyl sites for hydroxylation is 2. The Balaban J connectivity index is 1.82. The number of rotatable bonds is 5. The molecule has 0 aliphatic heterocycles. The molecular weight excluding hydrogens is 326 g/mol. The Morgan fingerprint density at radius 3 is 2.54 bits per heavy atom. The van der Waals surface area contributed by atoms with Crippen LogP contribution in [0, 0.1) is 20.8 Å². The summed E-state index contributed by atoms with van der Waals surface area (Å²) in [4.78, 5) is 12.6. The van der Waals surface area contributed by atoms with E-state index in [1.165, 1.54) is 0 Å². The minimum atomic E-state index is -0.0901. The average Bonchev–Trinajstić information content (AvgIpc) is 2.91. The fraction of sp³-hybridized carbons (Fsp3) is 0.238. The van der Waals surface area contributed by atoms with Crippen molar-refractivity contribution in [1.29, 1.82) is 0 Å². The Kier molecular flexibility index (Phi) is 5.07. The molecule has 1 aromatic heterocycles. The molecule has 0 fully saturated rings. The molecule has 3 rings (SSSR count). The molecule has 1 heterocycles. The van der Waals surface area contributed by atoms with Crippen LogP contribution in [-0.2, 0) is 11.2 Å². The van der Waals surface area contributed by atoms with Gasteiger partial charge in [-0.15, -0.1) is 0 Å². The number of nitrogens with zero attached hydrogens (tertiary/aromatic N) is 2. The number of hydrogen-bond acceptors (Lipinski definition) is 3. The molecule has 26 heavy (non-hydrogen) atoms. The maximum atomic E-state index is 12.6. The molecule has 0 atom stereocenters. The lowest BCUT2D eigenvalue weighted by Crippen LogP contribution is -2.16. The topological polar surface area (TPSA) is 56.1 Å². The van der Waals surface area contributed by atoms with Crippen LogP contribution in [-0.4, -0.2) is 22.8 Å². The number of carbonyl (C=O) groups excluding carboxylic acids is 1. The normalized spacial score (nSPS) is 10.6. The van der Waals surface area contributed by atoms with Crippen LogP contribution in [0.25, 0.3) is 5.69 Å². The van der Waals surface area contributed by atoms with Crippen LogP contribution in [0.15, 0.2) is 48.5 Å². The van der Waals surface area contributed by atoms with Crippen LogP contribution in [0.5, 0.6) is 5.75 Å². The van der Waals surface area contributed by atoms with E-state index in [0.29, 0.717) is 11.4 Å². The molecule has 0 spiro atoms. The summed E-state index contributed by atoms with van der Waals surface area (Å²) in [7, 11) is 1.60. The number of para-hydroxylation sites is 1. The number of hydrogen-bond donors (Lipinski definition) is 1. The van der Waals surface area contributed by atoms with Crippen molar-refractivity contribution in [2.24, 2.45) is 0 Å². The molecule has 5 nitrogen and oxygen atoms in total. The molecule has 0 aliphatic rings. The van der Waals surface area contributed by atoms with Crippen molar-refractivity contribution >= 4 is 11.6 Å². The number of methoxy groups -OCH3 is 1. The number of benzene rings is 2. The maximum absolute atomic E-state index is 12.6. The number of nitrogens with one attached hydrogen (secondary N) is 1. The number of aromatic nitrogens is 2. The highest BCUT2D eigenvalue weighted by Crippen LogP contribution is 2.26. The van der Waals surface area contributed by atoms with Gasteiger partial charge in [-0.05, 0) is 50.6 Å². The van der Waals surface area contributed by atoms with Crippen molar-refractivity contribution in [2.75, 3.05) is 12.4 Å². The van der Waals surface area contributed by atoms with Crippen LogP contribution < -0.4 is 10.1 Å². The lowest BCUT2D eigenvalue weighted by Gasteiger charge is -2.11. The minimum absolute atomic E-state index is 0.0901. The van der Waals surface area contributed by atoms with E-state index in [9.17, 15) is 4.79 Å². The smallest absolute Gasteiger partial charge is 0.229 e. The molecule has 134 valence electrons. The highest BCUT2D eigenvalue weighted by Gasteiger charge is 2.17. The quantitative estimate of drug-likeness (QED) is 0.758. The molecule has 3 aromatic rings. The van der Waals surface area contributed by atoms with E-state index in [1.54, 1.807) is 7.11 Å². The monoisotopic (exact) mass is 349 g/mol. The zero-order valence-corrected chi connectivity index (χ0v) is 15.5. The number of carbonyl (C=O) groups is 1. The van der Waals surface area contributed by atoms with Gasteiger partial charge in [0.1, 0.15) is 5.75 Å². The highest BCUT2D eigenvalue weighted by atomic mass is 16.5. The summed E-state index contributed by atoms with van der Waals surface area (Å²) in [5, 5.41) is 7.55. The second-order valence-corrected chi connectivity index (χ2v) is 6.33. The van der Waals surface area contributed by atoms with Crippen molar-refractivity contribution in [2.45, 2.75) is 27.2 Å². The van der Waals surface area contributed by atoms with Crippen LogP contribution in [0.2, 0.25) is 0 Å². The first kappa shape index (κ1) is 17.7. The van der Waals surface area contributed by atoms with E-state index in [1.807, 2.05) is 74.0 Å². The summed E-state index contributed by atoms with van der Waals surface area (Å²) >= 11 is 0. The second kappa shape index (κ2) is 7.44. The average molecular weight is 349 g/mol. The minimum Gasteiger partial charge on any atom is -0.495 e. The molecular formula is C21H23N3O2. The van der Waals surface area contributed by atoms with Gasteiger partial charge in [-0.1, -0.05) is 24.3 Å². The van der Waals surface area contributed by atoms with Crippen molar-refractivity contribution in [1.82, 2.24) is 9.78 Å². The first-order valence-electron chi connectivity index (χ1n) is 8.54. The molecule has 0 bridgehead atoms. The number of anilines is 1. The second-order valence-electron chi connectivity index (χ2n) is 6.33. The maximum Gasteiger partial charge on any atom is 0.229 e. The first-order valence-corrected chi connectivity index (χ1v) is 8.54. The number of ether oxygens (including phenoxy) is 1. The van der Waals surface area contributed by atoms with Gasteiger partial charge in [0.05, 0.1) is 30.6 Å². The molecule has 1 N–H and O–H groups in total. The van der Waals surface area contributed by atoms with Crippen molar-refractivity contribution in [3.8, 4) is 11.4 Å². The fourth-order valence-corrected chi connectivity index (χ4v) is 3.03. The third kappa shape index (κ3) is 3.61. The third-order valence-electron chi connectivity index (χ3n) is 4.41. The summed E-state index contributed by atoms with van der Waals surface area (Å²) < 4.78 is 7.21.